The lowest BCUT2D eigenvalue weighted by atomic mass is 10.2. The van der Waals surface area contributed by atoms with Gasteiger partial charge in [0.1, 0.15) is 6.54 Å². The lowest BCUT2D eigenvalue weighted by molar-refractivity contribution is -0.901. The average Bonchev–Trinajstić information content (AvgIpc) is 3.00. The van der Waals surface area contributed by atoms with E-state index in [0.717, 1.165) is 17.1 Å². The molecule has 1 unspecified atom stereocenters. The molecule has 0 radical (unpaired) electrons. The SMILES string of the molecule is CC(C)NC(=O)C[NH+](C)CC(=O)Nc1ccc(C[NH+]2CCCC2)cc1. The number of quaternary nitrogens is 2. The molecule has 0 aliphatic carbocycles. The van der Waals surface area contributed by atoms with Gasteiger partial charge in [-0.05, 0) is 26.0 Å². The maximum absolute atomic E-state index is 12.1. The number of nitrogens with one attached hydrogen (secondary N) is 4. The maximum atomic E-state index is 12.1. The van der Waals surface area contributed by atoms with Crippen molar-refractivity contribution in [2.45, 2.75) is 39.3 Å². The van der Waals surface area contributed by atoms with Gasteiger partial charge < -0.3 is 20.4 Å². The monoisotopic (exact) mass is 348 g/mol. The lowest BCUT2D eigenvalue weighted by Crippen LogP contribution is -3.11. The van der Waals surface area contributed by atoms with Gasteiger partial charge >= 0.3 is 0 Å². The van der Waals surface area contributed by atoms with E-state index in [9.17, 15) is 9.59 Å². The second-order valence-corrected chi connectivity index (χ2v) is 7.41. The Morgan fingerprint density at radius 1 is 1.08 bits per heavy atom. The third-order valence-corrected chi connectivity index (χ3v) is 4.38. The minimum Gasteiger partial charge on any atom is -0.349 e. The number of hydrogen-bond donors (Lipinski definition) is 4. The van der Waals surface area contributed by atoms with Crippen LogP contribution >= 0.6 is 0 Å². The van der Waals surface area contributed by atoms with Gasteiger partial charge in [0.15, 0.2) is 13.1 Å². The summed E-state index contributed by atoms with van der Waals surface area (Å²) in [6.45, 7) is 8.00. The molecular weight excluding hydrogens is 316 g/mol. The smallest absolute Gasteiger partial charge is 0.279 e. The fraction of sp³-hybridized carbons (Fsp3) is 0.579. The highest BCUT2D eigenvalue weighted by Gasteiger charge is 2.16. The first-order chi connectivity index (χ1) is 11.9. The molecule has 1 heterocycles. The quantitative estimate of drug-likeness (QED) is 0.479. The first kappa shape index (κ1) is 19.4. The van der Waals surface area contributed by atoms with E-state index in [4.69, 9.17) is 0 Å². The Kier molecular flexibility index (Phi) is 7.40. The third-order valence-electron chi connectivity index (χ3n) is 4.38. The number of carbonyl (C=O) groups is 2. The zero-order chi connectivity index (χ0) is 18.2. The number of likely N-dealkylation sites (tertiary alicyclic amines) is 1. The van der Waals surface area contributed by atoms with Crippen LogP contribution in [-0.2, 0) is 16.1 Å². The predicted octanol–water partition coefficient (Wildman–Crippen LogP) is -1.16. The highest BCUT2D eigenvalue weighted by atomic mass is 16.2. The topological polar surface area (TPSA) is 67.1 Å². The second kappa shape index (κ2) is 9.53. The summed E-state index contributed by atoms with van der Waals surface area (Å²) in [5.74, 6) is -0.109. The molecule has 2 rings (SSSR count). The van der Waals surface area contributed by atoms with E-state index in [2.05, 4.69) is 22.8 Å². The number of carbonyl (C=O) groups excluding carboxylic acids is 2. The normalized spacial score (nSPS) is 16.0. The number of hydrogen-bond acceptors (Lipinski definition) is 2. The molecule has 1 aliphatic rings. The van der Waals surface area contributed by atoms with Gasteiger partial charge in [-0.25, -0.2) is 0 Å². The minimum atomic E-state index is -0.0761. The van der Waals surface area contributed by atoms with Crippen LogP contribution in [0.25, 0.3) is 0 Å². The number of amides is 2. The molecule has 1 fully saturated rings. The van der Waals surface area contributed by atoms with Crippen molar-refractivity contribution in [3.8, 4) is 0 Å². The van der Waals surface area contributed by atoms with E-state index in [1.54, 1.807) is 4.90 Å². The van der Waals surface area contributed by atoms with Crippen LogP contribution in [0.3, 0.4) is 0 Å². The van der Waals surface area contributed by atoms with Crippen LogP contribution in [0.4, 0.5) is 5.69 Å². The molecule has 138 valence electrons. The molecule has 6 nitrogen and oxygen atoms in total. The third kappa shape index (κ3) is 7.23. The average molecular weight is 348 g/mol. The van der Waals surface area contributed by atoms with Gasteiger partial charge in [0.25, 0.3) is 11.8 Å². The first-order valence-corrected chi connectivity index (χ1v) is 9.25. The van der Waals surface area contributed by atoms with Gasteiger partial charge in [-0.3, -0.25) is 9.59 Å². The summed E-state index contributed by atoms with van der Waals surface area (Å²) in [5, 5.41) is 5.75. The van der Waals surface area contributed by atoms with Gasteiger partial charge in [0.2, 0.25) is 0 Å². The summed E-state index contributed by atoms with van der Waals surface area (Å²) in [5.41, 5.74) is 2.12. The Labute approximate surface area is 150 Å². The highest BCUT2D eigenvalue weighted by Crippen LogP contribution is 2.08. The summed E-state index contributed by atoms with van der Waals surface area (Å²) in [6, 6.07) is 8.23. The van der Waals surface area contributed by atoms with E-state index in [1.807, 2.05) is 33.0 Å². The molecule has 0 spiro atoms. The molecule has 1 atom stereocenters. The van der Waals surface area contributed by atoms with Crippen molar-refractivity contribution in [1.82, 2.24) is 5.32 Å². The standard InChI is InChI=1S/C19H30N4O2/c1-15(2)20-18(24)13-22(3)14-19(25)21-17-8-6-16(7-9-17)12-23-10-4-5-11-23/h6-9,15H,4-5,10-14H2,1-3H3,(H,20,24)(H,21,25)/p+2. The molecule has 4 N–H and O–H groups in total. The van der Waals surface area contributed by atoms with Crippen LogP contribution in [-0.4, -0.2) is 51.1 Å². The van der Waals surface area contributed by atoms with Crippen LogP contribution in [0.1, 0.15) is 32.3 Å². The van der Waals surface area contributed by atoms with E-state index >= 15 is 0 Å². The zero-order valence-corrected chi connectivity index (χ0v) is 15.7. The first-order valence-electron chi connectivity index (χ1n) is 9.25. The molecule has 25 heavy (non-hydrogen) atoms. The minimum absolute atomic E-state index is 0.0333. The lowest BCUT2D eigenvalue weighted by Gasteiger charge is -2.15. The Bertz CT molecular complexity index is 565. The van der Waals surface area contributed by atoms with Crippen molar-refractivity contribution < 1.29 is 19.4 Å². The Morgan fingerprint density at radius 3 is 2.28 bits per heavy atom. The Balaban J connectivity index is 1.74. The van der Waals surface area contributed by atoms with Crippen molar-refractivity contribution in [2.75, 3.05) is 38.5 Å². The van der Waals surface area contributed by atoms with Crippen LogP contribution in [0.5, 0.6) is 0 Å². The molecular formula is C19H32N4O2+2. The molecule has 0 aromatic heterocycles. The molecule has 1 aliphatic heterocycles. The summed E-state index contributed by atoms with van der Waals surface area (Å²) in [7, 11) is 1.85. The molecule has 1 aromatic rings. The highest BCUT2D eigenvalue weighted by molar-refractivity contribution is 5.91. The molecule has 1 aromatic carbocycles. The fourth-order valence-corrected chi connectivity index (χ4v) is 3.24. The van der Waals surface area contributed by atoms with Crippen LogP contribution in [0.2, 0.25) is 0 Å². The Hall–Kier alpha value is -1.92. The van der Waals surface area contributed by atoms with Gasteiger partial charge in [-0.2, -0.15) is 0 Å². The van der Waals surface area contributed by atoms with Crippen molar-refractivity contribution in [2.24, 2.45) is 0 Å². The molecule has 6 heteroatoms. The molecule has 1 saturated heterocycles. The van der Waals surface area contributed by atoms with Crippen LogP contribution in [0, 0.1) is 0 Å². The number of anilines is 1. The van der Waals surface area contributed by atoms with Crippen LogP contribution < -0.4 is 20.4 Å². The molecule has 0 bridgehead atoms. The summed E-state index contributed by atoms with van der Waals surface area (Å²) in [4.78, 5) is 26.3. The number of rotatable bonds is 8. The summed E-state index contributed by atoms with van der Waals surface area (Å²) < 4.78 is 0. The van der Waals surface area contributed by atoms with Gasteiger partial charge in [-0.1, -0.05) is 12.1 Å². The molecule has 2 amide bonds. The summed E-state index contributed by atoms with van der Waals surface area (Å²) in [6.07, 6.45) is 2.66. The van der Waals surface area contributed by atoms with Crippen molar-refractivity contribution in [1.29, 1.82) is 0 Å². The van der Waals surface area contributed by atoms with Gasteiger partial charge in [-0.15, -0.1) is 0 Å². The maximum Gasteiger partial charge on any atom is 0.279 e. The number of likely N-dealkylation sites (N-methyl/N-ethyl adjacent to an activating group) is 1. The van der Waals surface area contributed by atoms with E-state index in [-0.39, 0.29) is 24.4 Å². The predicted molar refractivity (Wildman–Crippen MR) is 98.6 cm³/mol. The van der Waals surface area contributed by atoms with Crippen molar-refractivity contribution >= 4 is 17.5 Å². The van der Waals surface area contributed by atoms with E-state index in [1.165, 1.54) is 31.5 Å². The van der Waals surface area contributed by atoms with Gasteiger partial charge in [0, 0.05) is 30.1 Å². The zero-order valence-electron chi connectivity index (χ0n) is 15.7. The van der Waals surface area contributed by atoms with Crippen LogP contribution in [0.15, 0.2) is 24.3 Å². The largest absolute Gasteiger partial charge is 0.349 e. The van der Waals surface area contributed by atoms with Crippen molar-refractivity contribution in [3.05, 3.63) is 29.8 Å². The summed E-state index contributed by atoms with van der Waals surface area (Å²) >= 11 is 0. The van der Waals surface area contributed by atoms with Crippen molar-refractivity contribution in [3.63, 3.8) is 0 Å². The fourth-order valence-electron chi connectivity index (χ4n) is 3.24. The van der Waals surface area contributed by atoms with E-state index < -0.39 is 0 Å². The Morgan fingerprint density at radius 2 is 1.68 bits per heavy atom. The number of benzene rings is 1. The van der Waals surface area contributed by atoms with Gasteiger partial charge in [0.05, 0.1) is 20.1 Å². The van der Waals surface area contributed by atoms with E-state index in [0.29, 0.717) is 6.54 Å². The second-order valence-electron chi connectivity index (χ2n) is 7.41. The molecule has 0 saturated carbocycles.